The van der Waals surface area contributed by atoms with Gasteiger partial charge in [0.25, 0.3) is 4.84 Å². The fourth-order valence-corrected chi connectivity index (χ4v) is 5.43. The highest BCUT2D eigenvalue weighted by Gasteiger charge is 2.32. The molecule has 1 saturated heterocycles. The number of hydrogen-bond acceptors (Lipinski definition) is 8. The first-order valence-electron chi connectivity index (χ1n) is 7.78. The number of nitrogens with zero attached hydrogens (tertiary/aromatic N) is 4. The normalized spacial score (nSPS) is 20.0. The van der Waals surface area contributed by atoms with Crippen molar-refractivity contribution in [3.63, 3.8) is 0 Å². The van der Waals surface area contributed by atoms with E-state index in [1.54, 1.807) is 16.0 Å². The maximum Gasteiger partial charge on any atom is 0.288 e. The lowest BCUT2D eigenvalue weighted by Gasteiger charge is -2.25. The maximum atomic E-state index is 11.7. The topological polar surface area (TPSA) is 81.2 Å². The Bertz CT molecular complexity index is 868. The van der Waals surface area contributed by atoms with Crippen molar-refractivity contribution in [3.05, 3.63) is 26.8 Å². The molecule has 0 N–H and O–H groups in total. The monoisotopic (exact) mass is 388 g/mol. The van der Waals surface area contributed by atoms with Gasteiger partial charge in [-0.2, -0.15) is 0 Å². The second-order valence-electron chi connectivity index (χ2n) is 5.90. The van der Waals surface area contributed by atoms with E-state index < -0.39 is 9.84 Å². The lowest BCUT2D eigenvalue weighted by molar-refractivity contribution is 0.162. The Morgan fingerprint density at radius 1 is 1.54 bits per heavy atom. The van der Waals surface area contributed by atoms with E-state index in [0.29, 0.717) is 30.2 Å². The van der Waals surface area contributed by atoms with Gasteiger partial charge in [-0.05, 0) is 32.1 Å². The molecule has 2 aromatic heterocycles. The van der Waals surface area contributed by atoms with Crippen molar-refractivity contribution in [3.8, 4) is 0 Å². The zero-order valence-electron chi connectivity index (χ0n) is 13.6. The standard InChI is InChI=1S/C14H20N4O3S3/c1-3-17(12-4-5-24(19,20)8-12)9-18-14(22)21-13(16-18)6-11-7-23-10(2)15-11/h7,12H,3-6,8-9H2,1-2H3/t12-/m0/s1. The Morgan fingerprint density at radius 3 is 2.92 bits per heavy atom. The third kappa shape index (κ3) is 4.11. The second-order valence-corrected chi connectivity index (χ2v) is 9.54. The SMILES string of the molecule is CCN(Cn1nc(Cc2csc(C)n2)oc1=S)[C@H]1CCS(=O)(=O)C1. The molecule has 0 radical (unpaired) electrons. The van der Waals surface area contributed by atoms with Crippen molar-refractivity contribution < 1.29 is 12.8 Å². The summed E-state index contributed by atoms with van der Waals surface area (Å²) in [4.78, 5) is 6.78. The van der Waals surface area contributed by atoms with Gasteiger partial charge in [0.1, 0.15) is 0 Å². The summed E-state index contributed by atoms with van der Waals surface area (Å²) in [6, 6.07) is 0.0169. The Morgan fingerprint density at radius 2 is 2.33 bits per heavy atom. The summed E-state index contributed by atoms with van der Waals surface area (Å²) in [7, 11) is -2.91. The van der Waals surface area contributed by atoms with Crippen molar-refractivity contribution >= 4 is 33.4 Å². The summed E-state index contributed by atoms with van der Waals surface area (Å²) in [6.07, 6.45) is 1.16. The largest absolute Gasteiger partial charge is 0.414 e. The van der Waals surface area contributed by atoms with Crippen LogP contribution in [0.1, 0.15) is 29.9 Å². The van der Waals surface area contributed by atoms with Crippen LogP contribution in [-0.4, -0.2) is 52.2 Å². The second kappa shape index (κ2) is 7.03. The zero-order chi connectivity index (χ0) is 17.3. The molecule has 1 aliphatic rings. The van der Waals surface area contributed by atoms with E-state index in [9.17, 15) is 8.42 Å². The van der Waals surface area contributed by atoms with E-state index in [4.69, 9.17) is 16.6 Å². The molecule has 132 valence electrons. The molecule has 0 unspecified atom stereocenters. The molecule has 1 atom stereocenters. The Labute approximate surface area is 150 Å². The number of sulfone groups is 1. The highest BCUT2D eigenvalue weighted by atomic mass is 32.2. The third-order valence-corrected chi connectivity index (χ3v) is 6.96. The summed E-state index contributed by atoms with van der Waals surface area (Å²) < 4.78 is 30.6. The summed E-state index contributed by atoms with van der Waals surface area (Å²) in [5, 5.41) is 7.41. The number of aryl methyl sites for hydroxylation is 1. The molecule has 3 heterocycles. The van der Waals surface area contributed by atoms with Crippen LogP contribution < -0.4 is 0 Å². The predicted molar refractivity (Wildman–Crippen MR) is 94.4 cm³/mol. The molecule has 2 aromatic rings. The maximum absolute atomic E-state index is 11.7. The minimum absolute atomic E-state index is 0.0169. The molecule has 0 saturated carbocycles. The van der Waals surface area contributed by atoms with Gasteiger partial charge < -0.3 is 4.42 Å². The van der Waals surface area contributed by atoms with Crippen molar-refractivity contribution in [1.29, 1.82) is 0 Å². The predicted octanol–water partition coefficient (Wildman–Crippen LogP) is 2.03. The molecule has 1 aliphatic heterocycles. The number of thiazole rings is 1. The van der Waals surface area contributed by atoms with Crippen LogP contribution in [0.5, 0.6) is 0 Å². The van der Waals surface area contributed by atoms with Gasteiger partial charge in [-0.3, -0.25) is 4.90 Å². The summed E-state index contributed by atoms with van der Waals surface area (Å²) >= 11 is 6.84. The quantitative estimate of drug-likeness (QED) is 0.700. The summed E-state index contributed by atoms with van der Waals surface area (Å²) in [5.74, 6) is 0.990. The van der Waals surface area contributed by atoms with Crippen LogP contribution in [0.3, 0.4) is 0 Å². The molecule has 0 spiro atoms. The number of hydrogen-bond donors (Lipinski definition) is 0. The molecule has 24 heavy (non-hydrogen) atoms. The van der Waals surface area contributed by atoms with Crippen molar-refractivity contribution in [1.82, 2.24) is 19.7 Å². The lowest BCUT2D eigenvalue weighted by atomic mass is 10.2. The fourth-order valence-electron chi connectivity index (χ4n) is 2.86. The van der Waals surface area contributed by atoms with E-state index >= 15 is 0 Å². The fraction of sp³-hybridized carbons (Fsp3) is 0.643. The molecule has 1 fully saturated rings. The van der Waals surface area contributed by atoms with E-state index in [0.717, 1.165) is 17.2 Å². The highest BCUT2D eigenvalue weighted by molar-refractivity contribution is 7.91. The molecule has 3 rings (SSSR count). The van der Waals surface area contributed by atoms with Crippen LogP contribution in [0.2, 0.25) is 0 Å². The minimum atomic E-state index is -2.91. The van der Waals surface area contributed by atoms with Gasteiger partial charge in [-0.15, -0.1) is 16.4 Å². The smallest absolute Gasteiger partial charge is 0.288 e. The van der Waals surface area contributed by atoms with Crippen molar-refractivity contribution in [2.75, 3.05) is 18.1 Å². The minimum Gasteiger partial charge on any atom is -0.414 e. The van der Waals surface area contributed by atoms with Crippen molar-refractivity contribution in [2.45, 2.75) is 39.4 Å². The van der Waals surface area contributed by atoms with E-state index in [-0.39, 0.29) is 17.5 Å². The third-order valence-electron chi connectivity index (χ3n) is 4.09. The first kappa shape index (κ1) is 17.7. The van der Waals surface area contributed by atoms with Gasteiger partial charge in [-0.25, -0.2) is 18.1 Å². The molecule has 0 aromatic carbocycles. The summed E-state index contributed by atoms with van der Waals surface area (Å²) in [6.45, 7) is 5.13. The molecular formula is C14H20N4O3S3. The van der Waals surface area contributed by atoms with Gasteiger partial charge in [0.15, 0.2) is 9.84 Å². The molecule has 10 heteroatoms. The van der Waals surface area contributed by atoms with Crippen LogP contribution >= 0.6 is 23.6 Å². The number of aromatic nitrogens is 3. The van der Waals surface area contributed by atoms with Crippen molar-refractivity contribution in [2.24, 2.45) is 0 Å². The van der Waals surface area contributed by atoms with E-state index in [1.807, 2.05) is 19.2 Å². The molecule has 0 amide bonds. The Balaban J connectivity index is 1.71. The van der Waals surface area contributed by atoms with Crippen LogP contribution in [0.4, 0.5) is 0 Å². The molecule has 7 nitrogen and oxygen atoms in total. The van der Waals surface area contributed by atoms with Gasteiger partial charge in [0.05, 0.1) is 35.3 Å². The van der Waals surface area contributed by atoms with Crippen LogP contribution in [-0.2, 0) is 22.9 Å². The molecule has 0 bridgehead atoms. The van der Waals surface area contributed by atoms with Gasteiger partial charge >= 0.3 is 0 Å². The van der Waals surface area contributed by atoms with Gasteiger partial charge in [-0.1, -0.05) is 6.92 Å². The average molecular weight is 389 g/mol. The number of rotatable bonds is 6. The Kier molecular flexibility index (Phi) is 5.19. The highest BCUT2D eigenvalue weighted by Crippen LogP contribution is 2.19. The van der Waals surface area contributed by atoms with Crippen LogP contribution in [0.25, 0.3) is 0 Å². The molecule has 0 aliphatic carbocycles. The van der Waals surface area contributed by atoms with E-state index in [2.05, 4.69) is 15.0 Å². The van der Waals surface area contributed by atoms with Gasteiger partial charge in [0, 0.05) is 11.4 Å². The van der Waals surface area contributed by atoms with E-state index in [1.165, 1.54) is 0 Å². The molecular weight excluding hydrogens is 368 g/mol. The first-order chi connectivity index (χ1) is 11.4. The average Bonchev–Trinajstić information content (AvgIpc) is 3.17. The Hall–Kier alpha value is -1.10. The zero-order valence-corrected chi connectivity index (χ0v) is 16.1. The van der Waals surface area contributed by atoms with Crippen LogP contribution in [0, 0.1) is 11.8 Å². The van der Waals surface area contributed by atoms with Crippen LogP contribution in [0.15, 0.2) is 9.80 Å². The van der Waals surface area contributed by atoms with Gasteiger partial charge in [0.2, 0.25) is 5.89 Å². The summed E-state index contributed by atoms with van der Waals surface area (Å²) in [5.41, 5.74) is 0.912. The lowest BCUT2D eigenvalue weighted by Crippen LogP contribution is -2.37. The first-order valence-corrected chi connectivity index (χ1v) is 10.9.